The average Bonchev–Trinajstić information content (AvgIpc) is 3.20. The van der Waals surface area contributed by atoms with Gasteiger partial charge in [-0.15, -0.1) is 0 Å². The largest absolute Gasteiger partial charge is 0.324 e. The summed E-state index contributed by atoms with van der Waals surface area (Å²) in [5.74, 6) is -1.78. The van der Waals surface area contributed by atoms with Gasteiger partial charge in [-0.2, -0.15) is 0 Å². The first-order valence-corrected chi connectivity index (χ1v) is 10.3. The van der Waals surface area contributed by atoms with E-state index in [9.17, 15) is 14.4 Å². The molecule has 0 bridgehead atoms. The Bertz CT molecular complexity index is 855. The van der Waals surface area contributed by atoms with E-state index in [1.165, 1.54) is 4.90 Å². The molecule has 144 valence electrons. The number of halogens is 1. The maximum atomic E-state index is 13.4. The van der Waals surface area contributed by atoms with E-state index < -0.39 is 17.4 Å². The normalized spacial score (nSPS) is 33.0. The van der Waals surface area contributed by atoms with Gasteiger partial charge in [0.05, 0.1) is 11.8 Å². The van der Waals surface area contributed by atoms with E-state index >= 15 is 0 Å². The van der Waals surface area contributed by atoms with Gasteiger partial charge in [0.15, 0.2) is 0 Å². The Balaban J connectivity index is 1.92. The summed E-state index contributed by atoms with van der Waals surface area (Å²) in [6.07, 6.45) is 0.692. The Morgan fingerprint density at radius 1 is 1.19 bits per heavy atom. The Morgan fingerprint density at radius 3 is 2.52 bits per heavy atom. The van der Waals surface area contributed by atoms with Crippen LogP contribution in [0, 0.1) is 17.8 Å². The molecular weight excluding hydrogens is 410 g/mol. The van der Waals surface area contributed by atoms with E-state index in [0.717, 1.165) is 10.0 Å². The van der Waals surface area contributed by atoms with Gasteiger partial charge in [0.25, 0.3) is 0 Å². The van der Waals surface area contributed by atoms with Gasteiger partial charge in [0.2, 0.25) is 17.7 Å². The summed E-state index contributed by atoms with van der Waals surface area (Å²) in [4.78, 5) is 41.3. The summed E-state index contributed by atoms with van der Waals surface area (Å²) < 4.78 is 0.832. The van der Waals surface area contributed by atoms with Crippen LogP contribution in [0.5, 0.6) is 0 Å². The van der Waals surface area contributed by atoms with Gasteiger partial charge in [-0.3, -0.25) is 24.6 Å². The Kier molecular flexibility index (Phi) is 4.23. The highest BCUT2D eigenvalue weighted by molar-refractivity contribution is 9.10. The number of carbonyl (C=O) groups excluding carboxylic acids is 3. The number of amides is 3. The highest BCUT2D eigenvalue weighted by Gasteiger charge is 2.71. The zero-order valence-electron chi connectivity index (χ0n) is 15.9. The van der Waals surface area contributed by atoms with Crippen LogP contribution in [0.1, 0.15) is 39.7 Å². The fourth-order valence-electron chi connectivity index (χ4n) is 4.92. The molecule has 0 saturated carbocycles. The second kappa shape index (κ2) is 6.14. The number of imide groups is 1. The third-order valence-electron chi connectivity index (χ3n) is 6.40. The Morgan fingerprint density at radius 2 is 1.89 bits per heavy atom. The number of anilines is 1. The van der Waals surface area contributed by atoms with Crippen molar-refractivity contribution < 1.29 is 14.4 Å². The van der Waals surface area contributed by atoms with Gasteiger partial charge >= 0.3 is 0 Å². The molecule has 0 radical (unpaired) electrons. The number of fused-ring (bicyclic) bond motifs is 4. The number of hydrogen-bond acceptors (Lipinski definition) is 4. The number of nitrogens with zero attached hydrogens (tertiary/aromatic N) is 1. The lowest BCUT2D eigenvalue weighted by molar-refractivity contribution is -0.145. The van der Waals surface area contributed by atoms with E-state index in [0.29, 0.717) is 12.1 Å². The number of likely N-dealkylation sites (tertiary alicyclic amines) is 1. The van der Waals surface area contributed by atoms with Crippen LogP contribution in [-0.2, 0) is 19.9 Å². The fourth-order valence-corrected chi connectivity index (χ4v) is 5.28. The van der Waals surface area contributed by atoms with Gasteiger partial charge in [-0.1, -0.05) is 36.7 Å². The van der Waals surface area contributed by atoms with Crippen molar-refractivity contribution >= 4 is 39.3 Å². The number of carbonyl (C=O) groups is 3. The molecule has 1 spiro atoms. The lowest BCUT2D eigenvalue weighted by Crippen LogP contribution is -2.54. The van der Waals surface area contributed by atoms with E-state index in [1.54, 1.807) is 0 Å². The van der Waals surface area contributed by atoms with Crippen LogP contribution in [0.2, 0.25) is 0 Å². The predicted octanol–water partition coefficient (Wildman–Crippen LogP) is 2.62. The Hall–Kier alpha value is -1.73. The molecule has 3 amide bonds. The summed E-state index contributed by atoms with van der Waals surface area (Å²) in [6.45, 7) is 7.89. The van der Waals surface area contributed by atoms with E-state index in [2.05, 4.69) is 26.6 Å². The summed E-state index contributed by atoms with van der Waals surface area (Å²) in [6, 6.07) is 5.16. The number of hydrogen-bond donors (Lipinski definition) is 2. The molecule has 7 heteroatoms. The maximum Gasteiger partial charge on any atom is 0.250 e. The van der Waals surface area contributed by atoms with Gasteiger partial charge in [0.1, 0.15) is 5.54 Å². The van der Waals surface area contributed by atoms with Crippen molar-refractivity contribution in [1.82, 2.24) is 10.2 Å². The second-order valence-electron chi connectivity index (χ2n) is 8.17. The SMILES string of the molecule is CC[C@H](C)N1C(=O)[C@@H]2[C@H](C(C)C)N[C@@]3(C(=O)Nc4ccc(Br)cc43)[C@H]2C1=O. The first-order valence-electron chi connectivity index (χ1n) is 9.50. The molecule has 27 heavy (non-hydrogen) atoms. The van der Waals surface area contributed by atoms with Gasteiger partial charge < -0.3 is 5.32 Å². The van der Waals surface area contributed by atoms with Crippen LogP contribution in [0.15, 0.2) is 22.7 Å². The van der Waals surface area contributed by atoms with Crippen LogP contribution < -0.4 is 10.6 Å². The van der Waals surface area contributed by atoms with Crippen LogP contribution >= 0.6 is 15.9 Å². The molecule has 0 aliphatic carbocycles. The molecule has 2 fully saturated rings. The van der Waals surface area contributed by atoms with Crippen molar-refractivity contribution in [2.45, 2.75) is 51.7 Å². The topological polar surface area (TPSA) is 78.5 Å². The molecule has 4 rings (SSSR count). The second-order valence-corrected chi connectivity index (χ2v) is 9.09. The van der Waals surface area contributed by atoms with Gasteiger partial charge in [-0.25, -0.2) is 0 Å². The molecule has 2 saturated heterocycles. The third-order valence-corrected chi connectivity index (χ3v) is 6.89. The fraction of sp³-hybridized carbons (Fsp3) is 0.550. The van der Waals surface area contributed by atoms with Crippen LogP contribution in [-0.4, -0.2) is 34.7 Å². The molecule has 1 aromatic rings. The van der Waals surface area contributed by atoms with Gasteiger partial charge in [-0.05, 0) is 37.5 Å². The molecule has 3 heterocycles. The summed E-state index contributed by atoms with van der Waals surface area (Å²) in [5.41, 5.74) is 0.237. The molecule has 1 aromatic carbocycles. The van der Waals surface area contributed by atoms with Crippen molar-refractivity contribution in [3.05, 3.63) is 28.2 Å². The van der Waals surface area contributed by atoms with Crippen LogP contribution in [0.25, 0.3) is 0 Å². The highest BCUT2D eigenvalue weighted by Crippen LogP contribution is 2.54. The van der Waals surface area contributed by atoms with Gasteiger partial charge in [0, 0.05) is 27.8 Å². The average molecular weight is 434 g/mol. The van der Waals surface area contributed by atoms with E-state index in [1.807, 2.05) is 45.9 Å². The van der Waals surface area contributed by atoms with Crippen LogP contribution in [0.4, 0.5) is 5.69 Å². The van der Waals surface area contributed by atoms with Crippen molar-refractivity contribution in [2.75, 3.05) is 5.32 Å². The highest BCUT2D eigenvalue weighted by atomic mass is 79.9. The van der Waals surface area contributed by atoms with Crippen molar-refractivity contribution in [2.24, 2.45) is 17.8 Å². The van der Waals surface area contributed by atoms with Crippen molar-refractivity contribution in [1.29, 1.82) is 0 Å². The van der Waals surface area contributed by atoms with E-state index in [4.69, 9.17) is 0 Å². The third kappa shape index (κ3) is 2.30. The molecule has 5 atom stereocenters. The van der Waals surface area contributed by atoms with Crippen molar-refractivity contribution in [3.8, 4) is 0 Å². The lowest BCUT2D eigenvalue weighted by atomic mass is 9.76. The van der Waals surface area contributed by atoms with Crippen LogP contribution in [0.3, 0.4) is 0 Å². The number of rotatable bonds is 3. The number of benzene rings is 1. The summed E-state index contributed by atoms with van der Waals surface area (Å²) in [7, 11) is 0. The molecule has 6 nitrogen and oxygen atoms in total. The first kappa shape index (κ1) is 18.6. The Labute approximate surface area is 167 Å². The summed E-state index contributed by atoms with van der Waals surface area (Å²) >= 11 is 3.48. The minimum absolute atomic E-state index is 0.106. The molecular formula is C20H24BrN3O3. The molecule has 3 aliphatic heterocycles. The molecule has 3 aliphatic rings. The number of nitrogens with one attached hydrogen (secondary N) is 2. The standard InChI is InChI=1S/C20H24BrN3O3/c1-5-10(4)24-17(25)14-15(18(24)26)20(23-16(14)9(2)3)12-8-11(21)6-7-13(12)22-19(20)27/h6-10,14-16,23H,5H2,1-4H3,(H,22,27)/t10-,14-,15+,16-,20+/m0/s1. The lowest BCUT2D eigenvalue weighted by Gasteiger charge is -2.31. The predicted molar refractivity (Wildman–Crippen MR) is 105 cm³/mol. The minimum Gasteiger partial charge on any atom is -0.324 e. The minimum atomic E-state index is -1.20. The maximum absolute atomic E-state index is 13.4. The van der Waals surface area contributed by atoms with Crippen molar-refractivity contribution in [3.63, 3.8) is 0 Å². The molecule has 0 aromatic heterocycles. The summed E-state index contributed by atoms with van der Waals surface area (Å²) in [5, 5.41) is 6.36. The van der Waals surface area contributed by atoms with E-state index in [-0.39, 0.29) is 35.7 Å². The zero-order chi connectivity index (χ0) is 19.7. The monoisotopic (exact) mass is 433 g/mol. The zero-order valence-corrected chi connectivity index (χ0v) is 17.5. The molecule has 2 N–H and O–H groups in total. The quantitative estimate of drug-likeness (QED) is 0.718. The first-order chi connectivity index (χ1) is 12.7. The molecule has 0 unspecified atom stereocenters. The smallest absolute Gasteiger partial charge is 0.250 e.